The number of nitrogens with zero attached hydrogens (tertiary/aromatic N) is 3. The molecule has 6 heteroatoms. The number of aliphatic hydroxyl groups excluding tert-OH is 1. The number of aliphatic hydroxyl groups is 1. The zero-order valence-electron chi connectivity index (χ0n) is 12.2. The first-order valence-electron chi connectivity index (χ1n) is 6.86. The lowest BCUT2D eigenvalue weighted by atomic mass is 10.2. The van der Waals surface area contributed by atoms with Crippen molar-refractivity contribution in [3.63, 3.8) is 0 Å². The molecule has 0 spiro atoms. The van der Waals surface area contributed by atoms with E-state index in [0.29, 0.717) is 17.9 Å². The van der Waals surface area contributed by atoms with Crippen LogP contribution < -0.4 is 5.73 Å². The van der Waals surface area contributed by atoms with Crippen LogP contribution in [0.1, 0.15) is 24.3 Å². The van der Waals surface area contributed by atoms with Gasteiger partial charge in [0.2, 0.25) is 0 Å². The van der Waals surface area contributed by atoms with Gasteiger partial charge in [-0.25, -0.2) is 4.68 Å². The molecule has 1 amide bonds. The van der Waals surface area contributed by atoms with Crippen LogP contribution in [-0.4, -0.2) is 44.9 Å². The molecule has 0 saturated carbocycles. The molecule has 3 N–H and O–H groups in total. The van der Waals surface area contributed by atoms with Crippen LogP contribution in [0.5, 0.6) is 0 Å². The second kappa shape index (κ2) is 6.41. The Bertz CT molecular complexity index is 622. The van der Waals surface area contributed by atoms with Crippen LogP contribution in [-0.2, 0) is 0 Å². The monoisotopic (exact) mass is 288 g/mol. The van der Waals surface area contributed by atoms with Gasteiger partial charge in [-0.1, -0.05) is 6.07 Å². The molecule has 0 atom stereocenters. The Morgan fingerprint density at radius 1 is 1.43 bits per heavy atom. The molecule has 0 bridgehead atoms. The number of nitrogens with two attached hydrogens (primary N) is 1. The van der Waals surface area contributed by atoms with Crippen LogP contribution in [0.15, 0.2) is 36.5 Å². The second-order valence-electron chi connectivity index (χ2n) is 5.06. The molecular formula is C15H20N4O2. The van der Waals surface area contributed by atoms with E-state index in [9.17, 15) is 4.79 Å². The molecule has 0 aliphatic rings. The zero-order chi connectivity index (χ0) is 15.4. The minimum atomic E-state index is -0.193. The molecule has 21 heavy (non-hydrogen) atoms. The Kier molecular flexibility index (Phi) is 4.59. The standard InChI is InChI=1S/C15H20N4O2/c1-11(2)18(8-9-20)15(21)14-6-7-19(17-14)13-5-3-4-12(16)10-13/h3-7,10-11,20H,8-9,16H2,1-2H3. The molecule has 112 valence electrons. The fourth-order valence-corrected chi connectivity index (χ4v) is 2.10. The van der Waals surface area contributed by atoms with E-state index >= 15 is 0 Å². The summed E-state index contributed by atoms with van der Waals surface area (Å²) in [5.74, 6) is -0.193. The lowest BCUT2D eigenvalue weighted by Crippen LogP contribution is -2.39. The number of rotatable bonds is 5. The average molecular weight is 288 g/mol. The van der Waals surface area contributed by atoms with Crippen LogP contribution in [0.25, 0.3) is 5.69 Å². The summed E-state index contributed by atoms with van der Waals surface area (Å²) in [5, 5.41) is 13.4. The molecular weight excluding hydrogens is 268 g/mol. The Morgan fingerprint density at radius 2 is 2.19 bits per heavy atom. The van der Waals surface area contributed by atoms with Gasteiger partial charge in [0.05, 0.1) is 12.3 Å². The zero-order valence-corrected chi connectivity index (χ0v) is 12.2. The number of aromatic nitrogens is 2. The summed E-state index contributed by atoms with van der Waals surface area (Å²) in [5.41, 5.74) is 7.53. The van der Waals surface area contributed by atoms with Crippen molar-refractivity contribution in [3.05, 3.63) is 42.2 Å². The van der Waals surface area contributed by atoms with Crippen molar-refractivity contribution >= 4 is 11.6 Å². The lowest BCUT2D eigenvalue weighted by Gasteiger charge is -2.24. The van der Waals surface area contributed by atoms with Gasteiger partial charge < -0.3 is 15.7 Å². The first-order valence-corrected chi connectivity index (χ1v) is 6.86. The largest absolute Gasteiger partial charge is 0.399 e. The van der Waals surface area contributed by atoms with E-state index in [1.807, 2.05) is 26.0 Å². The van der Waals surface area contributed by atoms with Crippen molar-refractivity contribution in [2.45, 2.75) is 19.9 Å². The first kappa shape index (κ1) is 15.1. The van der Waals surface area contributed by atoms with Crippen LogP contribution in [0.2, 0.25) is 0 Å². The molecule has 0 aliphatic carbocycles. The number of carbonyl (C=O) groups excluding carboxylic acids is 1. The van der Waals surface area contributed by atoms with Gasteiger partial charge in [0.25, 0.3) is 5.91 Å². The van der Waals surface area contributed by atoms with Crippen molar-refractivity contribution in [2.75, 3.05) is 18.9 Å². The topological polar surface area (TPSA) is 84.4 Å². The van der Waals surface area contributed by atoms with E-state index in [2.05, 4.69) is 5.10 Å². The predicted molar refractivity (Wildman–Crippen MR) is 81.2 cm³/mol. The summed E-state index contributed by atoms with van der Waals surface area (Å²) >= 11 is 0. The lowest BCUT2D eigenvalue weighted by molar-refractivity contribution is 0.0659. The van der Waals surface area contributed by atoms with Gasteiger partial charge in [0, 0.05) is 24.5 Å². The highest BCUT2D eigenvalue weighted by molar-refractivity contribution is 5.92. The average Bonchev–Trinajstić information content (AvgIpc) is 2.93. The maximum absolute atomic E-state index is 12.4. The van der Waals surface area contributed by atoms with Gasteiger partial charge in [0.15, 0.2) is 5.69 Å². The summed E-state index contributed by atoms with van der Waals surface area (Å²) in [6.45, 7) is 4.03. The predicted octanol–water partition coefficient (Wildman–Crippen LogP) is 1.30. The Balaban J connectivity index is 2.25. The summed E-state index contributed by atoms with van der Waals surface area (Å²) in [7, 11) is 0. The van der Waals surface area contributed by atoms with Crippen LogP contribution in [0.3, 0.4) is 0 Å². The molecule has 1 aromatic heterocycles. The fraction of sp³-hybridized carbons (Fsp3) is 0.333. The second-order valence-corrected chi connectivity index (χ2v) is 5.06. The fourth-order valence-electron chi connectivity index (χ4n) is 2.10. The van der Waals surface area contributed by atoms with E-state index in [1.54, 1.807) is 34.0 Å². The van der Waals surface area contributed by atoms with Crippen LogP contribution in [0, 0.1) is 0 Å². The number of benzene rings is 1. The normalized spacial score (nSPS) is 10.9. The SMILES string of the molecule is CC(C)N(CCO)C(=O)c1ccn(-c2cccc(N)c2)n1. The Morgan fingerprint density at radius 3 is 2.81 bits per heavy atom. The van der Waals surface area contributed by atoms with E-state index < -0.39 is 0 Å². The summed E-state index contributed by atoms with van der Waals surface area (Å²) in [6, 6.07) is 8.95. The van der Waals surface area contributed by atoms with E-state index in [0.717, 1.165) is 5.69 Å². The molecule has 1 heterocycles. The highest BCUT2D eigenvalue weighted by Crippen LogP contribution is 2.13. The van der Waals surface area contributed by atoms with Crippen LogP contribution in [0.4, 0.5) is 5.69 Å². The van der Waals surface area contributed by atoms with E-state index in [-0.39, 0.29) is 18.6 Å². The molecule has 6 nitrogen and oxygen atoms in total. The van der Waals surface area contributed by atoms with E-state index in [1.165, 1.54) is 0 Å². The number of hydrogen-bond donors (Lipinski definition) is 2. The van der Waals surface area contributed by atoms with Gasteiger partial charge in [0.1, 0.15) is 0 Å². The third-order valence-corrected chi connectivity index (χ3v) is 3.17. The van der Waals surface area contributed by atoms with E-state index in [4.69, 9.17) is 10.8 Å². The molecule has 2 rings (SSSR count). The van der Waals surface area contributed by atoms with Gasteiger partial charge >= 0.3 is 0 Å². The smallest absolute Gasteiger partial charge is 0.274 e. The third kappa shape index (κ3) is 3.41. The third-order valence-electron chi connectivity index (χ3n) is 3.17. The Labute approximate surface area is 123 Å². The number of amides is 1. The summed E-state index contributed by atoms with van der Waals surface area (Å²) in [6.07, 6.45) is 1.72. The van der Waals surface area contributed by atoms with Crippen molar-refractivity contribution in [3.8, 4) is 5.69 Å². The van der Waals surface area contributed by atoms with Crippen LogP contribution >= 0.6 is 0 Å². The quantitative estimate of drug-likeness (QED) is 0.812. The van der Waals surface area contributed by atoms with Gasteiger partial charge in [-0.15, -0.1) is 0 Å². The number of hydrogen-bond acceptors (Lipinski definition) is 4. The highest BCUT2D eigenvalue weighted by atomic mass is 16.3. The highest BCUT2D eigenvalue weighted by Gasteiger charge is 2.20. The van der Waals surface area contributed by atoms with Crippen molar-refractivity contribution in [1.29, 1.82) is 0 Å². The summed E-state index contributed by atoms with van der Waals surface area (Å²) < 4.78 is 1.61. The van der Waals surface area contributed by atoms with Crippen molar-refractivity contribution in [2.24, 2.45) is 0 Å². The molecule has 2 aromatic rings. The number of nitrogen functional groups attached to an aromatic ring is 1. The maximum atomic E-state index is 12.4. The molecule has 0 unspecified atom stereocenters. The number of anilines is 1. The first-order chi connectivity index (χ1) is 10.0. The van der Waals surface area contributed by atoms with Gasteiger partial charge in [-0.05, 0) is 38.1 Å². The minimum Gasteiger partial charge on any atom is -0.399 e. The molecule has 0 fully saturated rings. The minimum absolute atomic E-state index is 0.00201. The molecule has 1 aromatic carbocycles. The maximum Gasteiger partial charge on any atom is 0.274 e. The molecule has 0 aliphatic heterocycles. The molecule has 0 radical (unpaired) electrons. The Hall–Kier alpha value is -2.34. The van der Waals surface area contributed by atoms with Crippen molar-refractivity contribution in [1.82, 2.24) is 14.7 Å². The molecule has 0 saturated heterocycles. The summed E-state index contributed by atoms with van der Waals surface area (Å²) in [4.78, 5) is 14.0. The van der Waals surface area contributed by atoms with Gasteiger partial charge in [-0.3, -0.25) is 4.79 Å². The van der Waals surface area contributed by atoms with Crippen molar-refractivity contribution < 1.29 is 9.90 Å². The number of carbonyl (C=O) groups is 1. The van der Waals surface area contributed by atoms with Gasteiger partial charge in [-0.2, -0.15) is 5.10 Å².